The SMILES string of the molecule is C[C@H]1CN(c2cc3cc(NC(=O)C4CC45CCOCC5)ncc3cc2Cl)CCN1[C@@]1(C)COC[C@H]1O. The minimum atomic E-state index is -0.478. The molecule has 1 aromatic heterocycles. The molecule has 1 unspecified atom stereocenters. The van der Waals surface area contributed by atoms with Gasteiger partial charge in [0, 0.05) is 56.4 Å². The van der Waals surface area contributed by atoms with Gasteiger partial charge in [-0.15, -0.1) is 0 Å². The van der Waals surface area contributed by atoms with E-state index in [1.165, 1.54) is 0 Å². The van der Waals surface area contributed by atoms with Crippen LogP contribution >= 0.6 is 11.6 Å². The van der Waals surface area contributed by atoms with Crippen molar-refractivity contribution in [2.24, 2.45) is 11.3 Å². The number of carbonyl (C=O) groups excluding carboxylic acids is 1. The van der Waals surface area contributed by atoms with Crippen molar-refractivity contribution in [2.45, 2.75) is 50.8 Å². The first-order valence-electron chi connectivity index (χ1n) is 13.0. The van der Waals surface area contributed by atoms with Gasteiger partial charge in [-0.25, -0.2) is 4.98 Å². The number of rotatable bonds is 4. The normalized spacial score (nSPS) is 32.2. The Balaban J connectivity index is 1.18. The number of benzene rings is 1. The Morgan fingerprint density at radius 1 is 1.19 bits per heavy atom. The van der Waals surface area contributed by atoms with Crippen LogP contribution in [-0.2, 0) is 14.3 Å². The summed E-state index contributed by atoms with van der Waals surface area (Å²) in [5.74, 6) is 0.703. The number of amides is 1. The maximum Gasteiger partial charge on any atom is 0.229 e. The highest BCUT2D eigenvalue weighted by Gasteiger charge is 2.58. The minimum Gasteiger partial charge on any atom is -0.389 e. The van der Waals surface area contributed by atoms with Gasteiger partial charge in [0.05, 0.1) is 35.6 Å². The Morgan fingerprint density at radius 2 is 2.00 bits per heavy atom. The summed E-state index contributed by atoms with van der Waals surface area (Å²) in [6.45, 7) is 9.15. The lowest BCUT2D eigenvalue weighted by molar-refractivity contribution is -0.118. The number of hydrogen-bond acceptors (Lipinski definition) is 7. The highest BCUT2D eigenvalue weighted by molar-refractivity contribution is 6.34. The van der Waals surface area contributed by atoms with Crippen molar-refractivity contribution in [3.05, 3.63) is 29.4 Å². The first-order chi connectivity index (χ1) is 17.3. The highest BCUT2D eigenvalue weighted by atomic mass is 35.5. The third kappa shape index (κ3) is 4.17. The monoisotopic (exact) mass is 514 g/mol. The van der Waals surface area contributed by atoms with Gasteiger partial charge in [-0.1, -0.05) is 11.6 Å². The van der Waals surface area contributed by atoms with Gasteiger partial charge >= 0.3 is 0 Å². The molecule has 4 fully saturated rings. The van der Waals surface area contributed by atoms with Crippen LogP contribution in [0.2, 0.25) is 5.02 Å². The number of nitrogens with one attached hydrogen (secondary N) is 1. The standard InChI is InChI=1S/C27H35ClN4O4/c1-17-14-31(5-6-32(17)26(2)16-36-15-23(26)33)22-10-18-11-24(29-13-19(18)9-21(22)28)30-25(34)20-12-27(20)3-7-35-8-4-27/h9-11,13,17,20,23,33H,3-8,12,14-16H2,1-2H3,(H,29,30,34)/t17-,20?,23+,26-/m0/s1. The van der Waals surface area contributed by atoms with Gasteiger partial charge in [-0.3, -0.25) is 9.69 Å². The molecule has 194 valence electrons. The predicted octanol–water partition coefficient (Wildman–Crippen LogP) is 3.30. The van der Waals surface area contributed by atoms with Crippen LogP contribution in [0.15, 0.2) is 24.4 Å². The lowest BCUT2D eigenvalue weighted by Crippen LogP contribution is -2.64. The van der Waals surface area contributed by atoms with Crippen LogP contribution < -0.4 is 10.2 Å². The molecule has 0 radical (unpaired) electrons. The second kappa shape index (κ2) is 9.10. The summed E-state index contributed by atoms with van der Waals surface area (Å²) >= 11 is 6.73. The molecule has 1 aromatic carbocycles. The van der Waals surface area contributed by atoms with Crippen LogP contribution in [0.5, 0.6) is 0 Å². The molecular formula is C27H35ClN4O4. The molecule has 9 heteroatoms. The third-order valence-electron chi connectivity index (χ3n) is 9.05. The lowest BCUT2D eigenvalue weighted by Gasteiger charge is -2.49. The molecule has 1 saturated carbocycles. The number of nitrogens with zero attached hydrogens (tertiary/aromatic N) is 3. The minimum absolute atomic E-state index is 0.0584. The molecule has 3 saturated heterocycles. The van der Waals surface area contributed by atoms with E-state index < -0.39 is 6.10 Å². The van der Waals surface area contributed by atoms with E-state index in [0.717, 1.165) is 68.6 Å². The van der Waals surface area contributed by atoms with Crippen LogP contribution in [0.1, 0.15) is 33.1 Å². The summed E-state index contributed by atoms with van der Waals surface area (Å²) in [6, 6.07) is 6.23. The number of fused-ring (bicyclic) bond motifs is 1. The molecule has 8 nitrogen and oxygen atoms in total. The zero-order chi connectivity index (χ0) is 25.1. The fourth-order valence-electron chi connectivity index (χ4n) is 6.59. The zero-order valence-corrected chi connectivity index (χ0v) is 21.8. The number of aliphatic hydroxyl groups is 1. The number of aliphatic hydroxyl groups excluding tert-OH is 1. The van der Waals surface area contributed by atoms with Crippen LogP contribution in [0.25, 0.3) is 10.8 Å². The topological polar surface area (TPSA) is 87.2 Å². The van der Waals surface area contributed by atoms with E-state index in [9.17, 15) is 9.90 Å². The van der Waals surface area contributed by atoms with Gasteiger partial charge in [-0.05, 0) is 62.1 Å². The third-order valence-corrected chi connectivity index (χ3v) is 9.35. The molecule has 1 aliphatic carbocycles. The Bertz CT molecular complexity index is 1170. The van der Waals surface area contributed by atoms with Crippen molar-refractivity contribution in [1.29, 1.82) is 0 Å². The maximum absolute atomic E-state index is 12.9. The second-order valence-electron chi connectivity index (χ2n) is 11.3. The lowest BCUT2D eigenvalue weighted by atomic mass is 9.92. The number of piperazine rings is 1. The van der Waals surface area contributed by atoms with Gasteiger partial charge in [0.2, 0.25) is 5.91 Å². The maximum atomic E-state index is 12.9. The molecule has 1 spiro atoms. The Labute approximate surface area is 216 Å². The molecule has 4 aliphatic rings. The average Bonchev–Trinajstić information content (AvgIpc) is 3.44. The Hall–Kier alpha value is -1.97. The fourth-order valence-corrected chi connectivity index (χ4v) is 6.88. The molecule has 4 heterocycles. The number of hydrogen-bond donors (Lipinski definition) is 2. The summed E-state index contributed by atoms with van der Waals surface area (Å²) in [6.07, 6.45) is 4.18. The fraction of sp³-hybridized carbons (Fsp3) is 0.630. The predicted molar refractivity (Wildman–Crippen MR) is 140 cm³/mol. The van der Waals surface area contributed by atoms with Crippen molar-refractivity contribution < 1.29 is 19.4 Å². The summed E-state index contributed by atoms with van der Waals surface area (Å²) in [4.78, 5) is 22.1. The Morgan fingerprint density at radius 3 is 2.72 bits per heavy atom. The van der Waals surface area contributed by atoms with Crippen molar-refractivity contribution in [1.82, 2.24) is 9.88 Å². The number of pyridine rings is 1. The van der Waals surface area contributed by atoms with Crippen LogP contribution in [0.4, 0.5) is 11.5 Å². The van der Waals surface area contributed by atoms with Gasteiger partial charge in [0.25, 0.3) is 0 Å². The smallest absolute Gasteiger partial charge is 0.229 e. The summed E-state index contributed by atoms with van der Waals surface area (Å²) in [7, 11) is 0. The molecule has 4 atom stereocenters. The molecule has 3 aliphatic heterocycles. The van der Waals surface area contributed by atoms with Crippen molar-refractivity contribution in [3.8, 4) is 0 Å². The molecule has 6 rings (SSSR count). The second-order valence-corrected chi connectivity index (χ2v) is 11.7. The number of anilines is 2. The molecule has 2 N–H and O–H groups in total. The number of aromatic nitrogens is 1. The van der Waals surface area contributed by atoms with E-state index in [1.807, 2.05) is 12.1 Å². The Kier molecular flexibility index (Phi) is 6.16. The first-order valence-corrected chi connectivity index (χ1v) is 13.4. The van der Waals surface area contributed by atoms with E-state index in [-0.39, 0.29) is 28.8 Å². The highest BCUT2D eigenvalue weighted by Crippen LogP contribution is 2.59. The van der Waals surface area contributed by atoms with E-state index in [0.29, 0.717) is 24.1 Å². The van der Waals surface area contributed by atoms with Crippen molar-refractivity contribution in [2.75, 3.05) is 56.3 Å². The van der Waals surface area contributed by atoms with Crippen LogP contribution in [-0.4, -0.2) is 84.6 Å². The van der Waals surface area contributed by atoms with Gasteiger partial charge in [0.15, 0.2) is 0 Å². The summed E-state index contributed by atoms with van der Waals surface area (Å²) in [5.41, 5.74) is 0.759. The summed E-state index contributed by atoms with van der Waals surface area (Å²) < 4.78 is 11.1. The number of halogens is 1. The van der Waals surface area contributed by atoms with Crippen molar-refractivity contribution in [3.63, 3.8) is 0 Å². The molecule has 1 amide bonds. The van der Waals surface area contributed by atoms with E-state index in [4.69, 9.17) is 21.1 Å². The quantitative estimate of drug-likeness (QED) is 0.647. The van der Waals surface area contributed by atoms with Crippen LogP contribution in [0, 0.1) is 11.3 Å². The first kappa shape index (κ1) is 24.4. The van der Waals surface area contributed by atoms with Gasteiger partial charge in [-0.2, -0.15) is 0 Å². The molecular weight excluding hydrogens is 480 g/mol. The van der Waals surface area contributed by atoms with E-state index >= 15 is 0 Å². The van der Waals surface area contributed by atoms with E-state index in [2.05, 4.69) is 40.0 Å². The van der Waals surface area contributed by atoms with Crippen LogP contribution in [0.3, 0.4) is 0 Å². The number of ether oxygens (including phenoxy) is 2. The molecule has 0 bridgehead atoms. The largest absolute Gasteiger partial charge is 0.389 e. The van der Waals surface area contributed by atoms with Crippen molar-refractivity contribution >= 4 is 39.8 Å². The summed E-state index contributed by atoms with van der Waals surface area (Å²) in [5, 5.41) is 16.2. The number of carbonyl (C=O) groups is 1. The molecule has 2 aromatic rings. The molecule has 36 heavy (non-hydrogen) atoms. The van der Waals surface area contributed by atoms with Gasteiger partial charge in [0.1, 0.15) is 5.82 Å². The van der Waals surface area contributed by atoms with Gasteiger partial charge < -0.3 is 24.8 Å². The zero-order valence-electron chi connectivity index (χ0n) is 21.0. The average molecular weight is 515 g/mol. The van der Waals surface area contributed by atoms with E-state index in [1.54, 1.807) is 6.20 Å².